The summed E-state index contributed by atoms with van der Waals surface area (Å²) < 4.78 is 13.9. The summed E-state index contributed by atoms with van der Waals surface area (Å²) in [7, 11) is 4.36. The zero-order valence-corrected chi connectivity index (χ0v) is 33.6. The van der Waals surface area contributed by atoms with Crippen LogP contribution >= 0.6 is 0 Å². The van der Waals surface area contributed by atoms with Crippen LogP contribution in [-0.4, -0.2) is 102 Å². The first-order chi connectivity index (χ1) is 28.1. The standard InChI is InChI=1S/C29H36N6O4.C12H13NO.C2H5NO2/c1-30-16-24(32-3)22-11-7-20(8-12-22)21-9-13-23(14-10-21)25(17-31-2)33-26-6-5-15-35(26)27(36)29(18-39-19-29)34-28(37)38-4;14-11-6-2-5-9-3-1-4-10-7-8-13(11)12(9)10;1-5-2(3)4/h7-9,11-13,16-17,26,32-33H,1-2,5-6,10,14-15,18-19H2,3-4H3,(H,34,37);1,3-4H,2,5-8H2;1H3,(H2,3,4)/b24-16-,25-17-;;. The van der Waals surface area contributed by atoms with Crippen molar-refractivity contribution in [2.45, 2.75) is 63.1 Å². The second-order valence-corrected chi connectivity index (χ2v) is 14.3. The molecule has 4 amide bonds. The van der Waals surface area contributed by atoms with Gasteiger partial charge in [0, 0.05) is 39.0 Å². The molecule has 2 saturated heterocycles. The number of benzene rings is 2. The lowest BCUT2D eigenvalue weighted by molar-refractivity contribution is -0.159. The molecule has 2 aromatic rings. The Morgan fingerprint density at radius 2 is 1.59 bits per heavy atom. The number of carbonyl (C=O) groups excluding carboxylic acids is 4. The van der Waals surface area contributed by atoms with E-state index in [2.05, 4.69) is 104 Å². The van der Waals surface area contributed by atoms with Crippen LogP contribution in [0.4, 0.5) is 15.3 Å². The van der Waals surface area contributed by atoms with E-state index < -0.39 is 17.7 Å². The molecule has 15 heteroatoms. The lowest BCUT2D eigenvalue weighted by Gasteiger charge is -2.43. The number of primary amides is 1. The third-order valence-corrected chi connectivity index (χ3v) is 10.7. The average molecular weight is 795 g/mol. The summed E-state index contributed by atoms with van der Waals surface area (Å²) in [6.45, 7) is 8.90. The second kappa shape index (κ2) is 20.3. The number of nitrogens with one attached hydrogen (secondary N) is 3. The Morgan fingerprint density at radius 1 is 0.897 bits per heavy atom. The molecule has 4 heterocycles. The molecule has 0 bridgehead atoms. The normalized spacial score (nSPS) is 19.2. The van der Waals surface area contributed by atoms with Crippen molar-refractivity contribution in [3.05, 3.63) is 101 Å². The van der Waals surface area contributed by atoms with Crippen molar-refractivity contribution in [3.8, 4) is 0 Å². The Labute approximate surface area is 339 Å². The van der Waals surface area contributed by atoms with Gasteiger partial charge >= 0.3 is 12.2 Å². The van der Waals surface area contributed by atoms with E-state index in [9.17, 15) is 19.2 Å². The quantitative estimate of drug-likeness (QED) is 0.244. The van der Waals surface area contributed by atoms with Crippen molar-refractivity contribution in [1.82, 2.24) is 20.9 Å². The lowest BCUT2D eigenvalue weighted by Crippen LogP contribution is -2.71. The highest BCUT2D eigenvalue weighted by molar-refractivity contribution is 5.97. The molecule has 1 unspecified atom stereocenters. The summed E-state index contributed by atoms with van der Waals surface area (Å²) in [5.41, 5.74) is 13.6. The van der Waals surface area contributed by atoms with Gasteiger partial charge in [0.1, 0.15) is 6.17 Å². The Kier molecular flexibility index (Phi) is 15.0. The van der Waals surface area contributed by atoms with Gasteiger partial charge in [-0.15, -0.1) is 0 Å². The molecule has 15 nitrogen and oxygen atoms in total. The number of aliphatic imine (C=N–C) groups is 2. The number of anilines is 1. The molecule has 0 aromatic heterocycles. The molecule has 2 aromatic carbocycles. The van der Waals surface area contributed by atoms with E-state index in [4.69, 9.17) is 9.47 Å². The van der Waals surface area contributed by atoms with Crippen LogP contribution in [-0.2, 0) is 36.6 Å². The fraction of sp³-hybridized carbons (Fsp3) is 0.395. The molecule has 5 aliphatic rings. The third-order valence-electron chi connectivity index (χ3n) is 10.7. The number of carbonyl (C=O) groups is 4. The first-order valence-electron chi connectivity index (χ1n) is 19.3. The van der Waals surface area contributed by atoms with E-state index in [1.165, 1.54) is 36.6 Å². The fourth-order valence-electron chi connectivity index (χ4n) is 7.61. The maximum atomic E-state index is 13.5. The number of likely N-dealkylation sites (tertiary alicyclic amines) is 1. The molecule has 7 rings (SSSR count). The minimum Gasteiger partial charge on any atom is -0.453 e. The topological polar surface area (TPSA) is 189 Å². The number of hydrogen-bond donors (Lipinski definition) is 4. The minimum absolute atomic E-state index is 0.123. The second-order valence-electron chi connectivity index (χ2n) is 14.3. The van der Waals surface area contributed by atoms with Crippen LogP contribution in [0.5, 0.6) is 0 Å². The molecule has 1 aliphatic carbocycles. The number of methoxy groups -OCH3 is 2. The van der Waals surface area contributed by atoms with Crippen molar-refractivity contribution >= 4 is 54.4 Å². The van der Waals surface area contributed by atoms with Crippen LogP contribution in [0.2, 0.25) is 0 Å². The average Bonchev–Trinajstić information content (AvgIpc) is 3.85. The number of nitrogens with zero attached hydrogens (tertiary/aromatic N) is 4. The molecule has 58 heavy (non-hydrogen) atoms. The number of rotatable bonds is 10. The van der Waals surface area contributed by atoms with Crippen LogP contribution in [0.3, 0.4) is 0 Å². The molecular weight excluding hydrogens is 741 g/mol. The molecule has 4 aliphatic heterocycles. The molecule has 0 radical (unpaired) electrons. The Hall–Kier alpha value is -6.22. The Morgan fingerprint density at radius 3 is 2.17 bits per heavy atom. The molecule has 2 fully saturated rings. The number of nitrogens with two attached hydrogens (primary N) is 1. The van der Waals surface area contributed by atoms with E-state index in [0.29, 0.717) is 18.9 Å². The molecule has 5 N–H and O–H groups in total. The third kappa shape index (κ3) is 10.2. The monoisotopic (exact) mass is 794 g/mol. The van der Waals surface area contributed by atoms with Crippen molar-refractivity contribution in [1.29, 1.82) is 0 Å². The molecule has 0 saturated carbocycles. The molecule has 0 spiro atoms. The highest BCUT2D eigenvalue weighted by Crippen LogP contribution is 2.36. The number of allylic oxidation sites excluding steroid dienone is 4. The SMILES string of the molecule is C=N/C=C(\NC1CCCN1C(=O)C1(NC(=O)OC)COC1)C1=CC=C(c2ccc(/C(=C/N=C)NC)cc2)CC1.COC(N)=O.O=C1CCCc2cccc3c2N1CC3. The summed E-state index contributed by atoms with van der Waals surface area (Å²) in [4.78, 5) is 58.1. The smallest absolute Gasteiger partial charge is 0.407 e. The zero-order valence-electron chi connectivity index (χ0n) is 33.6. The number of para-hydroxylation sites is 1. The van der Waals surface area contributed by atoms with E-state index in [1.54, 1.807) is 17.3 Å². The number of hydrogen-bond acceptors (Lipinski definition) is 11. The summed E-state index contributed by atoms with van der Waals surface area (Å²) in [5, 5.41) is 9.33. The summed E-state index contributed by atoms with van der Waals surface area (Å²) in [5.74, 6) is 0.136. The zero-order chi connectivity index (χ0) is 41.7. The van der Waals surface area contributed by atoms with Gasteiger partial charge in [-0.2, -0.15) is 0 Å². The minimum atomic E-state index is -1.10. The lowest BCUT2D eigenvalue weighted by atomic mass is 9.91. The number of amides is 4. The first-order valence-corrected chi connectivity index (χ1v) is 19.3. The molecular formula is C43H54N8O7. The van der Waals surface area contributed by atoms with Gasteiger partial charge < -0.3 is 45.7 Å². The van der Waals surface area contributed by atoms with Crippen molar-refractivity contribution in [3.63, 3.8) is 0 Å². The largest absolute Gasteiger partial charge is 0.453 e. The highest BCUT2D eigenvalue weighted by Gasteiger charge is 2.51. The van der Waals surface area contributed by atoms with Gasteiger partial charge in [0.15, 0.2) is 5.54 Å². The van der Waals surface area contributed by atoms with Crippen LogP contribution < -0.4 is 26.6 Å². The summed E-state index contributed by atoms with van der Waals surface area (Å²) in [6, 6.07) is 14.8. The Bertz CT molecular complexity index is 1980. The highest BCUT2D eigenvalue weighted by atomic mass is 16.5. The fourth-order valence-corrected chi connectivity index (χ4v) is 7.61. The van der Waals surface area contributed by atoms with Crippen molar-refractivity contribution in [2.75, 3.05) is 52.5 Å². The van der Waals surface area contributed by atoms with Gasteiger partial charge in [0.05, 0.1) is 44.5 Å². The maximum absolute atomic E-state index is 13.5. The molecule has 308 valence electrons. The van der Waals surface area contributed by atoms with E-state index in [-0.39, 0.29) is 25.3 Å². The van der Waals surface area contributed by atoms with Crippen molar-refractivity contribution < 1.29 is 33.4 Å². The first kappa shape index (κ1) is 42.9. The van der Waals surface area contributed by atoms with Crippen LogP contribution in [0.1, 0.15) is 60.8 Å². The van der Waals surface area contributed by atoms with Gasteiger partial charge in [-0.05, 0) is 91.8 Å². The van der Waals surface area contributed by atoms with E-state index in [1.807, 2.05) is 11.9 Å². The van der Waals surface area contributed by atoms with Gasteiger partial charge in [0.2, 0.25) is 5.91 Å². The number of aryl methyl sites for hydroxylation is 1. The maximum Gasteiger partial charge on any atom is 0.407 e. The van der Waals surface area contributed by atoms with Crippen LogP contribution in [0.25, 0.3) is 11.3 Å². The predicted octanol–water partition coefficient (Wildman–Crippen LogP) is 4.84. The molecule has 1 atom stereocenters. The van der Waals surface area contributed by atoms with E-state index in [0.717, 1.165) is 79.6 Å². The van der Waals surface area contributed by atoms with E-state index >= 15 is 0 Å². The predicted molar refractivity (Wildman–Crippen MR) is 225 cm³/mol. The number of alkyl carbamates (subject to hydrolysis) is 1. The van der Waals surface area contributed by atoms with Crippen molar-refractivity contribution in [2.24, 2.45) is 15.7 Å². The van der Waals surface area contributed by atoms with Crippen LogP contribution in [0.15, 0.2) is 88.3 Å². The summed E-state index contributed by atoms with van der Waals surface area (Å²) >= 11 is 0. The van der Waals surface area contributed by atoms with Crippen LogP contribution in [0, 0.1) is 0 Å². The van der Waals surface area contributed by atoms with Gasteiger partial charge in [-0.25, -0.2) is 9.59 Å². The van der Waals surface area contributed by atoms with Gasteiger partial charge in [-0.1, -0.05) is 54.6 Å². The van der Waals surface area contributed by atoms with Gasteiger partial charge in [-0.3, -0.25) is 19.6 Å². The number of ether oxygens (including phenoxy) is 3. The van der Waals surface area contributed by atoms with Gasteiger partial charge in [0.25, 0.3) is 5.91 Å². The Balaban J connectivity index is 0.000000274. The summed E-state index contributed by atoms with van der Waals surface area (Å²) in [6.07, 6.45) is 13.1.